The molecule has 0 unspecified atom stereocenters. The highest BCUT2D eigenvalue weighted by Crippen LogP contribution is 2.31. The molecule has 0 aliphatic carbocycles. The minimum absolute atomic E-state index is 0.0252. The minimum Gasteiger partial charge on any atom is -0.496 e. The number of anilines is 1. The zero-order valence-corrected chi connectivity index (χ0v) is 14.1. The van der Waals surface area contributed by atoms with Crippen molar-refractivity contribution < 1.29 is 23.6 Å². The van der Waals surface area contributed by atoms with E-state index >= 15 is 0 Å². The van der Waals surface area contributed by atoms with Crippen molar-refractivity contribution in [3.05, 3.63) is 58.3 Å². The molecular weight excluding hydrogens is 340 g/mol. The first-order valence-corrected chi connectivity index (χ1v) is 7.82. The second kappa shape index (κ2) is 7.14. The van der Waals surface area contributed by atoms with Gasteiger partial charge in [0.1, 0.15) is 11.4 Å². The van der Waals surface area contributed by atoms with Crippen LogP contribution in [0.5, 0.6) is 11.5 Å². The molecule has 0 radical (unpaired) electrons. The lowest BCUT2D eigenvalue weighted by molar-refractivity contribution is -0.384. The van der Waals surface area contributed by atoms with E-state index in [0.29, 0.717) is 29.1 Å². The number of benzene rings is 2. The first-order valence-electron chi connectivity index (χ1n) is 7.82. The third-order valence-corrected chi connectivity index (χ3v) is 3.68. The van der Waals surface area contributed by atoms with Crippen molar-refractivity contribution >= 4 is 28.3 Å². The van der Waals surface area contributed by atoms with Crippen molar-refractivity contribution in [2.45, 2.75) is 6.92 Å². The molecule has 8 heteroatoms. The number of nitrogens with one attached hydrogen (secondary N) is 1. The minimum atomic E-state index is -0.600. The number of amides is 1. The lowest BCUT2D eigenvalue weighted by Crippen LogP contribution is -2.12. The van der Waals surface area contributed by atoms with E-state index in [1.54, 1.807) is 24.3 Å². The molecule has 134 valence electrons. The molecule has 1 N–H and O–H groups in total. The zero-order chi connectivity index (χ0) is 18.7. The van der Waals surface area contributed by atoms with Gasteiger partial charge in [-0.05, 0) is 31.2 Å². The lowest BCUT2D eigenvalue weighted by atomic mass is 10.2. The quantitative estimate of drug-likeness (QED) is 0.529. The van der Waals surface area contributed by atoms with E-state index in [-0.39, 0.29) is 17.1 Å². The van der Waals surface area contributed by atoms with Crippen LogP contribution in [0.2, 0.25) is 0 Å². The summed E-state index contributed by atoms with van der Waals surface area (Å²) in [6, 6.07) is 11.0. The Morgan fingerprint density at radius 1 is 1.27 bits per heavy atom. The molecule has 3 rings (SSSR count). The smallest absolute Gasteiger partial charge is 0.296 e. The van der Waals surface area contributed by atoms with Gasteiger partial charge < -0.3 is 19.2 Å². The van der Waals surface area contributed by atoms with Crippen LogP contribution in [0.1, 0.15) is 17.5 Å². The summed E-state index contributed by atoms with van der Waals surface area (Å²) in [4.78, 5) is 23.1. The molecule has 0 aliphatic rings. The summed E-state index contributed by atoms with van der Waals surface area (Å²) in [5.74, 6) is 0.272. The van der Waals surface area contributed by atoms with Crippen LogP contribution in [0.15, 0.2) is 46.9 Å². The van der Waals surface area contributed by atoms with Gasteiger partial charge in [-0.3, -0.25) is 14.9 Å². The summed E-state index contributed by atoms with van der Waals surface area (Å²) >= 11 is 0. The molecule has 1 aromatic heterocycles. The van der Waals surface area contributed by atoms with E-state index in [0.717, 1.165) is 0 Å². The SMILES string of the molecule is CCOc1cccc2cc(C(=O)Nc3ccc(OC)cc3[N+](=O)[O-])oc12. The Hall–Kier alpha value is -3.55. The molecule has 3 aromatic rings. The van der Waals surface area contributed by atoms with Gasteiger partial charge in [-0.25, -0.2) is 0 Å². The normalized spacial score (nSPS) is 10.5. The van der Waals surface area contributed by atoms with Crippen LogP contribution < -0.4 is 14.8 Å². The van der Waals surface area contributed by atoms with E-state index in [1.165, 1.54) is 25.3 Å². The van der Waals surface area contributed by atoms with Gasteiger partial charge >= 0.3 is 0 Å². The van der Waals surface area contributed by atoms with Gasteiger partial charge in [0.25, 0.3) is 11.6 Å². The van der Waals surface area contributed by atoms with Crippen molar-refractivity contribution in [3.8, 4) is 11.5 Å². The van der Waals surface area contributed by atoms with Crippen molar-refractivity contribution in [2.75, 3.05) is 19.0 Å². The van der Waals surface area contributed by atoms with Crippen molar-refractivity contribution in [3.63, 3.8) is 0 Å². The average Bonchev–Trinajstić information content (AvgIpc) is 3.07. The van der Waals surface area contributed by atoms with E-state index in [4.69, 9.17) is 13.9 Å². The molecule has 0 atom stereocenters. The summed E-state index contributed by atoms with van der Waals surface area (Å²) in [6.07, 6.45) is 0. The summed E-state index contributed by atoms with van der Waals surface area (Å²) in [5, 5.41) is 14.4. The third kappa shape index (κ3) is 3.30. The number of hydrogen-bond acceptors (Lipinski definition) is 6. The Morgan fingerprint density at radius 3 is 2.77 bits per heavy atom. The van der Waals surface area contributed by atoms with Crippen molar-refractivity contribution in [2.24, 2.45) is 0 Å². The fraction of sp³-hybridized carbons (Fsp3) is 0.167. The molecule has 8 nitrogen and oxygen atoms in total. The number of rotatable bonds is 6. The van der Waals surface area contributed by atoms with E-state index in [9.17, 15) is 14.9 Å². The van der Waals surface area contributed by atoms with Crippen LogP contribution in [-0.2, 0) is 0 Å². The fourth-order valence-corrected chi connectivity index (χ4v) is 2.50. The number of nitro benzene ring substituents is 1. The topological polar surface area (TPSA) is 104 Å². The molecule has 0 spiro atoms. The monoisotopic (exact) mass is 356 g/mol. The number of nitro groups is 1. The zero-order valence-electron chi connectivity index (χ0n) is 14.1. The first kappa shape index (κ1) is 17.3. The number of carbonyl (C=O) groups is 1. The Labute approximate surface area is 148 Å². The second-order valence-electron chi connectivity index (χ2n) is 5.31. The number of furan rings is 1. The third-order valence-electron chi connectivity index (χ3n) is 3.68. The largest absolute Gasteiger partial charge is 0.496 e. The Balaban J connectivity index is 1.92. The molecule has 1 amide bonds. The summed E-state index contributed by atoms with van der Waals surface area (Å²) in [6.45, 7) is 2.30. The van der Waals surface area contributed by atoms with Gasteiger partial charge in [-0.15, -0.1) is 0 Å². The van der Waals surface area contributed by atoms with Gasteiger partial charge in [-0.2, -0.15) is 0 Å². The molecule has 26 heavy (non-hydrogen) atoms. The maximum atomic E-state index is 12.5. The first-order chi connectivity index (χ1) is 12.5. The lowest BCUT2D eigenvalue weighted by Gasteiger charge is -2.06. The van der Waals surface area contributed by atoms with Crippen LogP contribution >= 0.6 is 0 Å². The fourth-order valence-electron chi connectivity index (χ4n) is 2.50. The van der Waals surface area contributed by atoms with E-state index in [2.05, 4.69) is 5.32 Å². The summed E-state index contributed by atoms with van der Waals surface area (Å²) in [5.41, 5.74) is 0.221. The van der Waals surface area contributed by atoms with Crippen LogP contribution in [0.25, 0.3) is 11.0 Å². The van der Waals surface area contributed by atoms with Gasteiger partial charge in [0, 0.05) is 5.39 Å². The van der Waals surface area contributed by atoms with Crippen LogP contribution in [-0.4, -0.2) is 24.5 Å². The molecule has 0 saturated carbocycles. The molecule has 0 fully saturated rings. The van der Waals surface area contributed by atoms with Gasteiger partial charge in [-0.1, -0.05) is 12.1 Å². The summed E-state index contributed by atoms with van der Waals surface area (Å²) < 4.78 is 16.1. The van der Waals surface area contributed by atoms with E-state index < -0.39 is 10.8 Å². The van der Waals surface area contributed by atoms with Crippen LogP contribution in [0.3, 0.4) is 0 Å². The van der Waals surface area contributed by atoms with Crippen LogP contribution in [0, 0.1) is 10.1 Å². The summed E-state index contributed by atoms with van der Waals surface area (Å²) in [7, 11) is 1.40. The van der Waals surface area contributed by atoms with Gasteiger partial charge in [0.2, 0.25) is 0 Å². The maximum Gasteiger partial charge on any atom is 0.296 e. The Kier molecular flexibility index (Phi) is 4.74. The predicted molar refractivity (Wildman–Crippen MR) is 95.0 cm³/mol. The highest BCUT2D eigenvalue weighted by molar-refractivity contribution is 6.06. The van der Waals surface area contributed by atoms with Crippen molar-refractivity contribution in [1.82, 2.24) is 0 Å². The number of para-hydroxylation sites is 1. The number of fused-ring (bicyclic) bond motifs is 1. The number of ether oxygens (including phenoxy) is 2. The Bertz CT molecular complexity index is 979. The molecular formula is C18H16N2O6. The highest BCUT2D eigenvalue weighted by atomic mass is 16.6. The van der Waals surface area contributed by atoms with E-state index in [1.807, 2.05) is 6.92 Å². The number of nitrogens with zero attached hydrogens (tertiary/aromatic N) is 1. The number of methoxy groups -OCH3 is 1. The molecule has 0 saturated heterocycles. The number of hydrogen-bond donors (Lipinski definition) is 1. The maximum absolute atomic E-state index is 12.5. The van der Waals surface area contributed by atoms with Gasteiger partial charge in [0.15, 0.2) is 17.1 Å². The standard InChI is InChI=1S/C18H16N2O6/c1-3-25-15-6-4-5-11-9-16(26-17(11)15)18(21)19-13-8-7-12(24-2)10-14(13)20(22)23/h4-10H,3H2,1-2H3,(H,19,21). The molecule has 2 aromatic carbocycles. The highest BCUT2D eigenvalue weighted by Gasteiger charge is 2.20. The second-order valence-corrected chi connectivity index (χ2v) is 5.31. The molecule has 0 aliphatic heterocycles. The Morgan fingerprint density at radius 2 is 2.08 bits per heavy atom. The average molecular weight is 356 g/mol. The molecule has 1 heterocycles. The van der Waals surface area contributed by atoms with Crippen molar-refractivity contribution in [1.29, 1.82) is 0 Å². The van der Waals surface area contributed by atoms with Crippen LogP contribution in [0.4, 0.5) is 11.4 Å². The number of carbonyl (C=O) groups excluding carboxylic acids is 1. The van der Waals surface area contributed by atoms with Gasteiger partial charge in [0.05, 0.1) is 24.7 Å². The predicted octanol–water partition coefficient (Wildman–Crippen LogP) is 4.00. The molecule has 0 bridgehead atoms.